The Morgan fingerprint density at radius 1 is 1.31 bits per heavy atom. The molecule has 26 heavy (non-hydrogen) atoms. The van der Waals surface area contributed by atoms with Crippen LogP contribution in [0.5, 0.6) is 0 Å². The Kier molecular flexibility index (Phi) is 4.34. The van der Waals surface area contributed by atoms with Crippen molar-refractivity contribution < 1.29 is 9.32 Å². The van der Waals surface area contributed by atoms with Gasteiger partial charge in [0.1, 0.15) is 5.69 Å². The van der Waals surface area contributed by atoms with Crippen LogP contribution in [-0.2, 0) is 33.2 Å². The van der Waals surface area contributed by atoms with Crippen molar-refractivity contribution >= 4 is 5.91 Å². The van der Waals surface area contributed by atoms with Gasteiger partial charge in [-0.1, -0.05) is 5.16 Å². The summed E-state index contributed by atoms with van der Waals surface area (Å²) in [7, 11) is 3.91. The molecule has 0 N–H and O–H groups in total. The van der Waals surface area contributed by atoms with Gasteiger partial charge in [0.25, 0.3) is 5.91 Å². The minimum absolute atomic E-state index is 0.0638. The predicted octanol–water partition coefficient (Wildman–Crippen LogP) is 1.50. The number of aromatic nitrogens is 4. The molecule has 0 saturated heterocycles. The van der Waals surface area contributed by atoms with Crippen LogP contribution in [0.3, 0.4) is 0 Å². The molecule has 136 valence electrons. The molecule has 0 fully saturated rings. The van der Waals surface area contributed by atoms with E-state index in [4.69, 9.17) is 4.52 Å². The summed E-state index contributed by atoms with van der Waals surface area (Å²) in [6.07, 6.45) is 3.54. The van der Waals surface area contributed by atoms with E-state index in [2.05, 4.69) is 21.2 Å². The number of aryl methyl sites for hydroxylation is 1. The molecule has 0 radical (unpaired) electrons. The summed E-state index contributed by atoms with van der Waals surface area (Å²) in [5, 5.41) is 8.41. The second kappa shape index (κ2) is 6.80. The lowest BCUT2D eigenvalue weighted by Gasteiger charge is -2.27. The topological polar surface area (TPSA) is 72.3 Å². The SMILES string of the molecule is CN(Cc1cc2n(n1)CCN(C(=O)c1cccn1C)C2)Cc1ccno1. The summed E-state index contributed by atoms with van der Waals surface area (Å²) >= 11 is 0. The number of nitrogens with zero attached hydrogens (tertiary/aromatic N) is 6. The van der Waals surface area contributed by atoms with Gasteiger partial charge < -0.3 is 14.0 Å². The van der Waals surface area contributed by atoms with E-state index in [1.54, 1.807) is 6.20 Å². The first-order chi connectivity index (χ1) is 12.6. The molecule has 4 heterocycles. The molecule has 1 amide bonds. The van der Waals surface area contributed by atoms with Crippen molar-refractivity contribution in [2.45, 2.75) is 26.2 Å². The highest BCUT2D eigenvalue weighted by molar-refractivity contribution is 5.92. The zero-order chi connectivity index (χ0) is 18.1. The highest BCUT2D eigenvalue weighted by Crippen LogP contribution is 2.17. The zero-order valence-corrected chi connectivity index (χ0v) is 15.0. The molecular weight excluding hydrogens is 332 g/mol. The quantitative estimate of drug-likeness (QED) is 0.694. The lowest BCUT2D eigenvalue weighted by Crippen LogP contribution is -2.39. The van der Waals surface area contributed by atoms with E-state index in [1.807, 2.05) is 52.6 Å². The Bertz CT molecular complexity index is 895. The van der Waals surface area contributed by atoms with Crippen LogP contribution in [-0.4, -0.2) is 48.8 Å². The van der Waals surface area contributed by atoms with Crippen LogP contribution < -0.4 is 0 Å². The highest BCUT2D eigenvalue weighted by atomic mass is 16.5. The predicted molar refractivity (Wildman–Crippen MR) is 94.1 cm³/mol. The van der Waals surface area contributed by atoms with Crippen molar-refractivity contribution in [3.8, 4) is 0 Å². The van der Waals surface area contributed by atoms with Crippen molar-refractivity contribution in [1.82, 2.24) is 29.3 Å². The maximum absolute atomic E-state index is 12.7. The molecule has 3 aromatic rings. The minimum atomic E-state index is 0.0638. The third kappa shape index (κ3) is 3.28. The minimum Gasteiger partial charge on any atom is -0.360 e. The number of hydrogen-bond donors (Lipinski definition) is 0. The number of fused-ring (bicyclic) bond motifs is 1. The normalized spacial score (nSPS) is 14.0. The van der Waals surface area contributed by atoms with Crippen LogP contribution in [0, 0.1) is 0 Å². The number of hydrogen-bond acceptors (Lipinski definition) is 5. The van der Waals surface area contributed by atoms with E-state index < -0.39 is 0 Å². The fraction of sp³-hybridized carbons (Fsp3) is 0.389. The van der Waals surface area contributed by atoms with Crippen LogP contribution in [0.2, 0.25) is 0 Å². The van der Waals surface area contributed by atoms with Gasteiger partial charge in [-0.25, -0.2) is 0 Å². The average molecular weight is 354 g/mol. The van der Waals surface area contributed by atoms with Gasteiger partial charge in [-0.3, -0.25) is 14.4 Å². The Labute approximate surface area is 151 Å². The van der Waals surface area contributed by atoms with E-state index in [0.29, 0.717) is 31.9 Å². The fourth-order valence-electron chi connectivity index (χ4n) is 3.34. The summed E-state index contributed by atoms with van der Waals surface area (Å²) < 4.78 is 9.01. The summed E-state index contributed by atoms with van der Waals surface area (Å²) in [4.78, 5) is 16.7. The summed E-state index contributed by atoms with van der Waals surface area (Å²) in [6, 6.07) is 7.70. The van der Waals surface area contributed by atoms with Crippen LogP contribution in [0.4, 0.5) is 0 Å². The van der Waals surface area contributed by atoms with Gasteiger partial charge in [-0.15, -0.1) is 0 Å². The smallest absolute Gasteiger partial charge is 0.270 e. The molecule has 8 nitrogen and oxygen atoms in total. The first-order valence-electron chi connectivity index (χ1n) is 8.64. The van der Waals surface area contributed by atoms with Crippen molar-refractivity contribution in [3.63, 3.8) is 0 Å². The van der Waals surface area contributed by atoms with Gasteiger partial charge in [-0.05, 0) is 25.2 Å². The second-order valence-corrected chi connectivity index (χ2v) is 6.73. The molecule has 0 unspecified atom stereocenters. The average Bonchev–Trinajstić information content (AvgIpc) is 3.34. The Hall–Kier alpha value is -2.87. The molecule has 8 heteroatoms. The number of amides is 1. The molecule has 1 aliphatic heterocycles. The second-order valence-electron chi connectivity index (χ2n) is 6.73. The molecular formula is C18H22N6O2. The molecule has 3 aromatic heterocycles. The molecule has 0 atom stereocenters. The highest BCUT2D eigenvalue weighted by Gasteiger charge is 2.24. The standard InChI is InChI=1S/C18H22N6O2/c1-21(13-16-5-6-19-26-16)11-14-10-15-12-23(8-9-24(15)20-14)18(25)17-4-3-7-22(17)2/h3-7,10H,8-9,11-13H2,1-2H3. The third-order valence-corrected chi connectivity index (χ3v) is 4.65. The first kappa shape index (κ1) is 16.6. The molecule has 0 spiro atoms. The lowest BCUT2D eigenvalue weighted by atomic mass is 10.2. The van der Waals surface area contributed by atoms with Crippen molar-refractivity contribution in [1.29, 1.82) is 0 Å². The molecule has 0 aromatic carbocycles. The molecule has 1 aliphatic rings. The monoisotopic (exact) mass is 354 g/mol. The van der Waals surface area contributed by atoms with Crippen LogP contribution in [0.25, 0.3) is 0 Å². The number of rotatable bonds is 5. The van der Waals surface area contributed by atoms with Crippen LogP contribution >= 0.6 is 0 Å². The van der Waals surface area contributed by atoms with Gasteiger partial charge in [0.15, 0.2) is 5.76 Å². The maximum atomic E-state index is 12.7. The van der Waals surface area contributed by atoms with E-state index in [0.717, 1.165) is 23.7 Å². The Morgan fingerprint density at radius 2 is 2.19 bits per heavy atom. The van der Waals surface area contributed by atoms with Gasteiger partial charge in [-0.2, -0.15) is 5.10 Å². The maximum Gasteiger partial charge on any atom is 0.270 e. The van der Waals surface area contributed by atoms with Crippen molar-refractivity contribution in [2.75, 3.05) is 13.6 Å². The third-order valence-electron chi connectivity index (χ3n) is 4.65. The fourth-order valence-corrected chi connectivity index (χ4v) is 3.34. The number of carbonyl (C=O) groups is 1. The van der Waals surface area contributed by atoms with Crippen LogP contribution in [0.1, 0.15) is 27.6 Å². The van der Waals surface area contributed by atoms with Crippen molar-refractivity contribution in [2.24, 2.45) is 7.05 Å². The number of carbonyl (C=O) groups excluding carboxylic acids is 1. The summed E-state index contributed by atoms with van der Waals surface area (Å²) in [5.74, 6) is 0.893. The largest absolute Gasteiger partial charge is 0.360 e. The zero-order valence-electron chi connectivity index (χ0n) is 15.0. The van der Waals surface area contributed by atoms with E-state index in [1.165, 1.54) is 0 Å². The Morgan fingerprint density at radius 3 is 2.92 bits per heavy atom. The van der Waals surface area contributed by atoms with Crippen molar-refractivity contribution in [3.05, 3.63) is 59.5 Å². The van der Waals surface area contributed by atoms with E-state index in [-0.39, 0.29) is 5.91 Å². The summed E-state index contributed by atoms with van der Waals surface area (Å²) in [6.45, 7) is 3.37. The molecule has 4 rings (SSSR count). The van der Waals surface area contributed by atoms with E-state index in [9.17, 15) is 4.79 Å². The molecule has 0 saturated carbocycles. The van der Waals surface area contributed by atoms with Gasteiger partial charge in [0.05, 0.1) is 37.2 Å². The lowest BCUT2D eigenvalue weighted by molar-refractivity contribution is 0.0696. The van der Waals surface area contributed by atoms with Gasteiger partial charge >= 0.3 is 0 Å². The summed E-state index contributed by atoms with van der Waals surface area (Å²) in [5.41, 5.74) is 2.78. The van der Waals surface area contributed by atoms with E-state index >= 15 is 0 Å². The Balaban J connectivity index is 1.42. The van der Waals surface area contributed by atoms with Gasteiger partial charge in [0, 0.05) is 32.4 Å². The van der Waals surface area contributed by atoms with Gasteiger partial charge in [0.2, 0.25) is 0 Å². The molecule has 0 aliphatic carbocycles. The molecule has 0 bridgehead atoms. The first-order valence-corrected chi connectivity index (χ1v) is 8.64. The van der Waals surface area contributed by atoms with Crippen LogP contribution in [0.15, 0.2) is 41.2 Å².